The molecule has 0 amide bonds. The summed E-state index contributed by atoms with van der Waals surface area (Å²) in [4.78, 5) is 21.7. The van der Waals surface area contributed by atoms with E-state index in [-0.39, 0.29) is 5.56 Å². The maximum atomic E-state index is 11.2. The van der Waals surface area contributed by atoms with Crippen LogP contribution in [0.3, 0.4) is 0 Å². The van der Waals surface area contributed by atoms with Gasteiger partial charge in [-0.15, -0.1) is 5.10 Å². The molecule has 80 valence electrons. The number of nitrogens with zero attached hydrogens (tertiary/aromatic N) is 3. The van der Waals surface area contributed by atoms with Crippen molar-refractivity contribution in [2.75, 3.05) is 0 Å². The predicted molar refractivity (Wildman–Crippen MR) is 53.3 cm³/mol. The number of carbonyl (C=O) groups is 2. The lowest BCUT2D eigenvalue weighted by atomic mass is 10.1. The van der Waals surface area contributed by atoms with Gasteiger partial charge in [-0.2, -0.15) is 0 Å². The molecule has 2 aromatic rings. The summed E-state index contributed by atoms with van der Waals surface area (Å²) < 4.78 is 1.44. The molecular formula is C10H7N3O3. The Bertz CT molecular complexity index is 534. The molecule has 1 N–H and O–H groups in total. The number of carboxylic acids is 1. The van der Waals surface area contributed by atoms with Crippen LogP contribution in [0.4, 0.5) is 0 Å². The standard InChI is InChI=1S/C10H7N3O3/c14-9(10(15)16)7-2-1-3-8(6-7)13-5-4-11-12-13/h1-6H,(H,15,16). The molecule has 0 atom stereocenters. The highest BCUT2D eigenvalue weighted by Gasteiger charge is 2.14. The number of aromatic nitrogens is 3. The summed E-state index contributed by atoms with van der Waals surface area (Å²) >= 11 is 0. The van der Waals surface area contributed by atoms with Gasteiger partial charge < -0.3 is 5.11 Å². The van der Waals surface area contributed by atoms with Gasteiger partial charge in [-0.3, -0.25) is 4.79 Å². The molecule has 0 unspecified atom stereocenters. The van der Waals surface area contributed by atoms with Gasteiger partial charge in [-0.1, -0.05) is 17.3 Å². The van der Waals surface area contributed by atoms with Crippen molar-refractivity contribution in [1.29, 1.82) is 0 Å². The van der Waals surface area contributed by atoms with Gasteiger partial charge in [-0.25, -0.2) is 9.48 Å². The minimum Gasteiger partial charge on any atom is -0.475 e. The second kappa shape index (κ2) is 3.93. The van der Waals surface area contributed by atoms with Crippen molar-refractivity contribution < 1.29 is 14.7 Å². The van der Waals surface area contributed by atoms with Gasteiger partial charge in [0.1, 0.15) is 0 Å². The van der Waals surface area contributed by atoms with Crippen molar-refractivity contribution in [2.45, 2.75) is 0 Å². The largest absolute Gasteiger partial charge is 0.475 e. The summed E-state index contributed by atoms with van der Waals surface area (Å²) in [7, 11) is 0. The first-order valence-electron chi connectivity index (χ1n) is 4.43. The van der Waals surface area contributed by atoms with E-state index in [9.17, 15) is 9.59 Å². The molecule has 0 aliphatic carbocycles. The van der Waals surface area contributed by atoms with Crippen molar-refractivity contribution in [1.82, 2.24) is 15.0 Å². The Balaban J connectivity index is 2.41. The molecule has 0 saturated carbocycles. The molecule has 2 rings (SSSR count). The zero-order valence-corrected chi connectivity index (χ0v) is 8.07. The number of Topliss-reactive ketones (excluding diaryl/α,β-unsaturated/α-hetero) is 1. The fourth-order valence-electron chi connectivity index (χ4n) is 1.26. The zero-order valence-electron chi connectivity index (χ0n) is 8.07. The highest BCUT2D eigenvalue weighted by Crippen LogP contribution is 2.09. The van der Waals surface area contributed by atoms with E-state index in [1.807, 2.05) is 0 Å². The van der Waals surface area contributed by atoms with E-state index < -0.39 is 11.8 Å². The van der Waals surface area contributed by atoms with E-state index in [1.54, 1.807) is 18.3 Å². The summed E-state index contributed by atoms with van der Waals surface area (Å²) in [5, 5.41) is 15.9. The quantitative estimate of drug-likeness (QED) is 0.598. The molecule has 6 nitrogen and oxygen atoms in total. The second-order valence-electron chi connectivity index (χ2n) is 3.03. The first-order valence-corrected chi connectivity index (χ1v) is 4.43. The number of rotatable bonds is 3. The Labute approximate surface area is 90.1 Å². The molecule has 1 aromatic heterocycles. The van der Waals surface area contributed by atoms with Crippen LogP contribution in [0.2, 0.25) is 0 Å². The number of benzene rings is 1. The Kier molecular flexibility index (Phi) is 2.47. The van der Waals surface area contributed by atoms with Gasteiger partial charge in [0.15, 0.2) is 0 Å². The van der Waals surface area contributed by atoms with Crippen LogP contribution >= 0.6 is 0 Å². The van der Waals surface area contributed by atoms with Gasteiger partial charge in [0.25, 0.3) is 5.78 Å². The summed E-state index contributed by atoms with van der Waals surface area (Å²) in [6, 6.07) is 6.18. The average molecular weight is 217 g/mol. The number of carboxylic acid groups (broad SMARTS) is 1. The fourth-order valence-corrected chi connectivity index (χ4v) is 1.26. The minimum absolute atomic E-state index is 0.112. The molecule has 0 spiro atoms. The van der Waals surface area contributed by atoms with Crippen LogP contribution in [-0.4, -0.2) is 31.9 Å². The molecule has 1 aromatic carbocycles. The van der Waals surface area contributed by atoms with Gasteiger partial charge in [0, 0.05) is 5.56 Å². The van der Waals surface area contributed by atoms with E-state index >= 15 is 0 Å². The van der Waals surface area contributed by atoms with Crippen molar-refractivity contribution in [3.8, 4) is 5.69 Å². The second-order valence-corrected chi connectivity index (χ2v) is 3.03. The number of aliphatic carboxylic acids is 1. The third-order valence-electron chi connectivity index (χ3n) is 1.99. The van der Waals surface area contributed by atoms with Crippen LogP contribution in [0.5, 0.6) is 0 Å². The maximum Gasteiger partial charge on any atom is 0.377 e. The van der Waals surface area contributed by atoms with E-state index in [1.165, 1.54) is 23.0 Å². The third-order valence-corrected chi connectivity index (χ3v) is 1.99. The van der Waals surface area contributed by atoms with Crippen molar-refractivity contribution in [3.63, 3.8) is 0 Å². The van der Waals surface area contributed by atoms with Gasteiger partial charge >= 0.3 is 5.97 Å². The number of hydrogen-bond acceptors (Lipinski definition) is 4. The summed E-state index contributed by atoms with van der Waals surface area (Å²) in [6.07, 6.45) is 3.09. The van der Waals surface area contributed by atoms with Crippen LogP contribution in [-0.2, 0) is 4.79 Å². The summed E-state index contributed by atoms with van der Waals surface area (Å²) in [5.41, 5.74) is 0.699. The molecular weight excluding hydrogens is 210 g/mol. The highest BCUT2D eigenvalue weighted by atomic mass is 16.4. The number of hydrogen-bond donors (Lipinski definition) is 1. The van der Waals surface area contributed by atoms with E-state index in [4.69, 9.17) is 5.11 Å². The topological polar surface area (TPSA) is 85.1 Å². The highest BCUT2D eigenvalue weighted by molar-refractivity contribution is 6.39. The predicted octanol–water partition coefficient (Wildman–Crippen LogP) is 0.535. The van der Waals surface area contributed by atoms with Crippen LogP contribution in [0.15, 0.2) is 36.7 Å². The lowest BCUT2D eigenvalue weighted by molar-refractivity contribution is -0.131. The minimum atomic E-state index is -1.48. The molecule has 0 radical (unpaired) electrons. The molecule has 0 fully saturated rings. The molecule has 0 aliphatic rings. The number of carbonyl (C=O) groups excluding carboxylic acids is 1. The molecule has 1 heterocycles. The van der Waals surface area contributed by atoms with E-state index in [0.29, 0.717) is 5.69 Å². The summed E-state index contributed by atoms with van der Waals surface area (Å²) in [6.45, 7) is 0. The molecule has 0 saturated heterocycles. The first-order chi connectivity index (χ1) is 7.68. The molecule has 16 heavy (non-hydrogen) atoms. The lowest BCUT2D eigenvalue weighted by Crippen LogP contribution is -2.13. The maximum absolute atomic E-state index is 11.2. The van der Waals surface area contributed by atoms with Crippen LogP contribution in [0.1, 0.15) is 10.4 Å². The zero-order chi connectivity index (χ0) is 11.5. The SMILES string of the molecule is O=C(O)C(=O)c1cccc(-n2ccnn2)c1. The smallest absolute Gasteiger partial charge is 0.377 e. The molecule has 0 bridgehead atoms. The first kappa shape index (κ1) is 10.0. The van der Waals surface area contributed by atoms with Crippen LogP contribution in [0, 0.1) is 0 Å². The van der Waals surface area contributed by atoms with E-state index in [0.717, 1.165) is 0 Å². The van der Waals surface area contributed by atoms with Gasteiger partial charge in [-0.05, 0) is 12.1 Å². The van der Waals surface area contributed by atoms with Crippen molar-refractivity contribution >= 4 is 11.8 Å². The molecule has 0 aliphatic heterocycles. The van der Waals surface area contributed by atoms with Crippen molar-refractivity contribution in [2.24, 2.45) is 0 Å². The van der Waals surface area contributed by atoms with Crippen LogP contribution in [0.25, 0.3) is 5.69 Å². The summed E-state index contributed by atoms with van der Waals surface area (Å²) in [5.74, 6) is -2.42. The van der Waals surface area contributed by atoms with Crippen molar-refractivity contribution in [3.05, 3.63) is 42.2 Å². The van der Waals surface area contributed by atoms with E-state index in [2.05, 4.69) is 10.3 Å². The van der Waals surface area contributed by atoms with Gasteiger partial charge in [0.05, 0.1) is 18.1 Å². The number of ketones is 1. The average Bonchev–Trinajstić information content (AvgIpc) is 2.81. The Morgan fingerprint density at radius 1 is 1.31 bits per heavy atom. The Morgan fingerprint density at radius 3 is 2.75 bits per heavy atom. The lowest BCUT2D eigenvalue weighted by Gasteiger charge is -2.01. The van der Waals surface area contributed by atoms with Gasteiger partial charge in [0.2, 0.25) is 0 Å². The normalized spacial score (nSPS) is 10.0. The Hall–Kier alpha value is -2.50. The van der Waals surface area contributed by atoms with Crippen LogP contribution < -0.4 is 0 Å². The third kappa shape index (κ3) is 1.81. The molecule has 6 heteroatoms. The monoisotopic (exact) mass is 217 g/mol. The Morgan fingerprint density at radius 2 is 2.12 bits per heavy atom. The fraction of sp³-hybridized carbons (Fsp3) is 0.